The Labute approximate surface area is 109 Å². The molecule has 0 saturated carbocycles. The van der Waals surface area contributed by atoms with E-state index in [1.54, 1.807) is 0 Å². The molecule has 0 radical (unpaired) electrons. The van der Waals surface area contributed by atoms with Crippen LogP contribution in [0.3, 0.4) is 0 Å². The number of ether oxygens (including phenoxy) is 1. The minimum atomic E-state index is -5.20. The summed E-state index contributed by atoms with van der Waals surface area (Å²) >= 11 is 0. The highest BCUT2D eigenvalue weighted by atomic mass is 19.4. The number of carboxylic acid groups (broad SMARTS) is 1. The maximum atomic E-state index is 12.9. The first-order valence-electron chi connectivity index (χ1n) is 5.12. The normalized spacial score (nSPS) is 11.8. The van der Waals surface area contributed by atoms with Gasteiger partial charge in [-0.3, -0.25) is 4.79 Å². The van der Waals surface area contributed by atoms with Crippen LogP contribution >= 0.6 is 0 Å². The van der Waals surface area contributed by atoms with E-state index in [4.69, 9.17) is 10.8 Å². The van der Waals surface area contributed by atoms with Gasteiger partial charge in [0.1, 0.15) is 0 Å². The van der Waals surface area contributed by atoms with Crippen molar-refractivity contribution in [2.24, 2.45) is 5.73 Å². The molecule has 1 rings (SSSR count). The highest BCUT2D eigenvalue weighted by Gasteiger charge is 2.35. The van der Waals surface area contributed by atoms with Crippen LogP contribution in [0.4, 0.5) is 22.0 Å². The lowest BCUT2D eigenvalue weighted by Crippen LogP contribution is -2.21. The summed E-state index contributed by atoms with van der Waals surface area (Å²) in [5.74, 6) is -2.69. The summed E-state index contributed by atoms with van der Waals surface area (Å²) in [7, 11) is 0. The Morgan fingerprint density at radius 1 is 1.45 bits per heavy atom. The van der Waals surface area contributed by atoms with Crippen molar-refractivity contribution in [3.63, 3.8) is 0 Å². The van der Waals surface area contributed by atoms with Crippen molar-refractivity contribution in [3.05, 3.63) is 22.9 Å². The number of aliphatic carboxylic acids is 1. The predicted octanol–water partition coefficient (Wildman–Crippen LogP) is 2.00. The number of carboxylic acids is 1. The average Bonchev–Trinajstić information content (AvgIpc) is 2.27. The van der Waals surface area contributed by atoms with Gasteiger partial charge in [-0.1, -0.05) is 0 Å². The molecule has 3 N–H and O–H groups in total. The molecule has 0 aromatic carbocycles. The number of rotatable bonds is 5. The molecule has 20 heavy (non-hydrogen) atoms. The Morgan fingerprint density at radius 3 is 2.45 bits per heavy atom. The fourth-order valence-electron chi connectivity index (χ4n) is 1.56. The summed E-state index contributed by atoms with van der Waals surface area (Å²) in [5, 5.41) is 8.60. The predicted molar refractivity (Wildman–Crippen MR) is 55.1 cm³/mol. The molecule has 1 aromatic rings. The third kappa shape index (κ3) is 4.02. The molecular formula is C10H9F5N2O3. The first-order valence-corrected chi connectivity index (χ1v) is 5.12. The molecule has 5 nitrogen and oxygen atoms in total. The van der Waals surface area contributed by atoms with Gasteiger partial charge in [-0.05, 0) is 11.1 Å². The van der Waals surface area contributed by atoms with Crippen LogP contribution in [-0.2, 0) is 17.8 Å². The van der Waals surface area contributed by atoms with Crippen molar-refractivity contribution in [1.82, 2.24) is 4.98 Å². The van der Waals surface area contributed by atoms with Gasteiger partial charge >= 0.3 is 12.3 Å². The summed E-state index contributed by atoms with van der Waals surface area (Å²) in [4.78, 5) is 13.7. The number of hydrogen-bond acceptors (Lipinski definition) is 4. The molecule has 0 aliphatic carbocycles. The van der Waals surface area contributed by atoms with Crippen molar-refractivity contribution in [2.75, 3.05) is 0 Å². The van der Waals surface area contributed by atoms with Gasteiger partial charge in [0.05, 0.1) is 12.0 Å². The fraction of sp³-hybridized carbons (Fsp3) is 0.400. The van der Waals surface area contributed by atoms with Crippen LogP contribution in [0.25, 0.3) is 0 Å². The van der Waals surface area contributed by atoms with Gasteiger partial charge in [0.15, 0.2) is 0 Å². The highest BCUT2D eigenvalue weighted by molar-refractivity contribution is 5.71. The van der Waals surface area contributed by atoms with Crippen LogP contribution in [0.5, 0.6) is 5.88 Å². The maximum Gasteiger partial charge on any atom is 0.574 e. The average molecular weight is 300 g/mol. The van der Waals surface area contributed by atoms with E-state index >= 15 is 0 Å². The molecule has 0 aliphatic rings. The van der Waals surface area contributed by atoms with Crippen molar-refractivity contribution in [1.29, 1.82) is 0 Å². The number of carbonyl (C=O) groups is 1. The summed E-state index contributed by atoms with van der Waals surface area (Å²) in [6.45, 7) is -0.570. The Morgan fingerprint density at radius 2 is 2.05 bits per heavy atom. The zero-order chi connectivity index (χ0) is 15.5. The minimum Gasteiger partial charge on any atom is -0.481 e. The Kier molecular flexibility index (Phi) is 4.82. The molecule has 0 spiro atoms. The number of nitrogens with zero attached hydrogens (tertiary/aromatic N) is 1. The number of nitrogens with two attached hydrogens (primary N) is 1. The summed E-state index contributed by atoms with van der Waals surface area (Å²) in [6.07, 6.45) is -8.50. The van der Waals surface area contributed by atoms with Crippen LogP contribution in [0.1, 0.15) is 23.1 Å². The molecule has 0 unspecified atom stereocenters. The van der Waals surface area contributed by atoms with Crippen LogP contribution in [0, 0.1) is 0 Å². The number of aromatic nitrogens is 1. The second-order valence-electron chi connectivity index (χ2n) is 3.60. The molecule has 0 bridgehead atoms. The number of halogens is 5. The number of hydrogen-bond donors (Lipinski definition) is 2. The van der Waals surface area contributed by atoms with Crippen LogP contribution in [0.2, 0.25) is 0 Å². The molecule has 0 atom stereocenters. The second-order valence-corrected chi connectivity index (χ2v) is 3.60. The fourth-order valence-corrected chi connectivity index (χ4v) is 1.56. The van der Waals surface area contributed by atoms with Crippen molar-refractivity contribution in [2.45, 2.75) is 25.8 Å². The second kappa shape index (κ2) is 5.99. The van der Waals surface area contributed by atoms with Crippen LogP contribution < -0.4 is 10.5 Å². The van der Waals surface area contributed by atoms with Gasteiger partial charge in [0.25, 0.3) is 6.43 Å². The van der Waals surface area contributed by atoms with Gasteiger partial charge in [0, 0.05) is 12.7 Å². The third-order valence-electron chi connectivity index (χ3n) is 2.26. The molecule has 1 aromatic heterocycles. The standard InChI is InChI=1S/C10H9F5N2O3/c11-8(12)7-5(2-16)4(1-6(18)19)3-17-9(7)20-10(13,14)15/h3,8H,1-2,16H2,(H,18,19). The Balaban J connectivity index is 3.37. The molecule has 0 fully saturated rings. The lowest BCUT2D eigenvalue weighted by molar-refractivity contribution is -0.276. The molecular weight excluding hydrogens is 291 g/mol. The monoisotopic (exact) mass is 300 g/mol. The zero-order valence-corrected chi connectivity index (χ0v) is 9.75. The molecule has 0 aliphatic heterocycles. The lowest BCUT2D eigenvalue weighted by atomic mass is 10.0. The summed E-state index contributed by atoms with van der Waals surface area (Å²) < 4.78 is 65.5. The van der Waals surface area contributed by atoms with Gasteiger partial charge in [-0.25, -0.2) is 13.8 Å². The smallest absolute Gasteiger partial charge is 0.481 e. The van der Waals surface area contributed by atoms with Crippen molar-refractivity contribution >= 4 is 5.97 Å². The highest BCUT2D eigenvalue weighted by Crippen LogP contribution is 2.35. The van der Waals surface area contributed by atoms with E-state index in [9.17, 15) is 26.7 Å². The van der Waals surface area contributed by atoms with E-state index in [0.717, 1.165) is 6.20 Å². The van der Waals surface area contributed by atoms with Crippen molar-refractivity contribution < 1.29 is 36.6 Å². The summed E-state index contributed by atoms with van der Waals surface area (Å²) in [5.41, 5.74) is 3.45. The van der Waals surface area contributed by atoms with Gasteiger partial charge in [-0.2, -0.15) is 0 Å². The lowest BCUT2D eigenvalue weighted by Gasteiger charge is -2.16. The number of pyridine rings is 1. The third-order valence-corrected chi connectivity index (χ3v) is 2.26. The van der Waals surface area contributed by atoms with E-state index < -0.39 is 48.7 Å². The van der Waals surface area contributed by atoms with Crippen molar-refractivity contribution in [3.8, 4) is 5.88 Å². The van der Waals surface area contributed by atoms with E-state index in [-0.39, 0.29) is 5.56 Å². The first kappa shape index (κ1) is 16.1. The molecule has 10 heteroatoms. The molecule has 0 saturated heterocycles. The van der Waals surface area contributed by atoms with Crippen LogP contribution in [0.15, 0.2) is 6.20 Å². The van der Waals surface area contributed by atoms with Gasteiger partial charge < -0.3 is 15.6 Å². The molecule has 0 amide bonds. The van der Waals surface area contributed by atoms with E-state index in [2.05, 4.69) is 9.72 Å². The van der Waals surface area contributed by atoms with E-state index in [1.807, 2.05) is 0 Å². The van der Waals surface area contributed by atoms with Gasteiger partial charge in [-0.15, -0.1) is 13.2 Å². The van der Waals surface area contributed by atoms with Gasteiger partial charge in [0.2, 0.25) is 5.88 Å². The van der Waals surface area contributed by atoms with E-state index in [1.165, 1.54) is 0 Å². The largest absolute Gasteiger partial charge is 0.574 e. The minimum absolute atomic E-state index is 0.190. The zero-order valence-electron chi connectivity index (χ0n) is 9.75. The topological polar surface area (TPSA) is 85.4 Å². The van der Waals surface area contributed by atoms with E-state index in [0.29, 0.717) is 0 Å². The number of alkyl halides is 5. The summed E-state index contributed by atoms with van der Waals surface area (Å²) in [6, 6.07) is 0. The molecule has 1 heterocycles. The quantitative estimate of drug-likeness (QED) is 0.812. The SMILES string of the molecule is NCc1c(CC(=O)O)cnc(OC(F)(F)F)c1C(F)F. The maximum absolute atomic E-state index is 12.9. The Bertz CT molecular complexity index is 504. The van der Waals surface area contributed by atoms with Crippen LogP contribution in [-0.4, -0.2) is 22.4 Å². The molecule has 112 valence electrons. The first-order chi connectivity index (χ1) is 9.15. The Hall–Kier alpha value is -1.97.